The van der Waals surface area contributed by atoms with Crippen LogP contribution >= 0.6 is 11.3 Å². The van der Waals surface area contributed by atoms with Crippen LogP contribution < -0.4 is 9.64 Å². The predicted molar refractivity (Wildman–Crippen MR) is 128 cm³/mol. The van der Waals surface area contributed by atoms with Gasteiger partial charge in [-0.3, -0.25) is 4.90 Å². The molecule has 3 aromatic rings. The third-order valence-electron chi connectivity index (χ3n) is 5.37. The highest BCUT2D eigenvalue weighted by atomic mass is 32.1. The van der Waals surface area contributed by atoms with E-state index in [1.165, 1.54) is 16.0 Å². The van der Waals surface area contributed by atoms with Crippen molar-refractivity contribution in [3.63, 3.8) is 0 Å². The predicted octanol–water partition coefficient (Wildman–Crippen LogP) is 4.38. The van der Waals surface area contributed by atoms with E-state index >= 15 is 0 Å². The third-order valence-corrected chi connectivity index (χ3v) is 6.48. The van der Waals surface area contributed by atoms with Gasteiger partial charge in [-0.05, 0) is 42.7 Å². The van der Waals surface area contributed by atoms with E-state index in [0.717, 1.165) is 43.4 Å². The summed E-state index contributed by atoms with van der Waals surface area (Å²) < 4.78 is 10.6. The first-order valence-corrected chi connectivity index (χ1v) is 11.8. The first kappa shape index (κ1) is 22.3. The van der Waals surface area contributed by atoms with Crippen molar-refractivity contribution in [3.05, 3.63) is 65.9 Å². The molecule has 0 atom stereocenters. The number of rotatable bonds is 8. The standard InChI is InChI=1S/C25H29N3O3S/c1-3-30-24(29)18-31-22-14-19(2)13-20(15-22)17-27-9-11-28(12-10-27)25-26-16-23(32-25)21-7-5-4-6-8-21/h4-8,13-16H,3,9-12,17-18H2,1-2H3. The fourth-order valence-corrected chi connectivity index (χ4v) is 4.82. The highest BCUT2D eigenvalue weighted by Crippen LogP contribution is 2.31. The van der Waals surface area contributed by atoms with Gasteiger partial charge < -0.3 is 14.4 Å². The molecule has 1 saturated heterocycles. The van der Waals surface area contributed by atoms with Gasteiger partial charge in [-0.1, -0.05) is 47.7 Å². The van der Waals surface area contributed by atoms with E-state index in [4.69, 9.17) is 9.47 Å². The molecule has 1 aliphatic heterocycles. The van der Waals surface area contributed by atoms with Crippen molar-refractivity contribution in [2.24, 2.45) is 0 Å². The minimum atomic E-state index is -0.343. The maximum absolute atomic E-state index is 11.6. The number of carbonyl (C=O) groups excluding carboxylic acids is 1. The van der Waals surface area contributed by atoms with E-state index < -0.39 is 0 Å². The van der Waals surface area contributed by atoms with Crippen molar-refractivity contribution < 1.29 is 14.3 Å². The van der Waals surface area contributed by atoms with Gasteiger partial charge >= 0.3 is 5.97 Å². The molecule has 2 aromatic carbocycles. The summed E-state index contributed by atoms with van der Waals surface area (Å²) in [4.78, 5) is 22.3. The summed E-state index contributed by atoms with van der Waals surface area (Å²) in [5, 5.41) is 1.09. The number of anilines is 1. The molecule has 2 heterocycles. The number of piperazine rings is 1. The summed E-state index contributed by atoms with van der Waals surface area (Å²) >= 11 is 1.75. The molecule has 0 N–H and O–H groups in total. The smallest absolute Gasteiger partial charge is 0.344 e. The fraction of sp³-hybridized carbons (Fsp3) is 0.360. The van der Waals surface area contributed by atoms with Crippen LogP contribution in [0.4, 0.5) is 5.13 Å². The van der Waals surface area contributed by atoms with Crippen LogP contribution in [0, 0.1) is 6.92 Å². The van der Waals surface area contributed by atoms with Gasteiger partial charge in [0.25, 0.3) is 0 Å². The Morgan fingerprint density at radius 3 is 2.62 bits per heavy atom. The number of benzene rings is 2. The van der Waals surface area contributed by atoms with Crippen molar-refractivity contribution in [1.29, 1.82) is 0 Å². The number of carbonyl (C=O) groups is 1. The average molecular weight is 452 g/mol. The number of esters is 1. The van der Waals surface area contributed by atoms with E-state index in [1.54, 1.807) is 18.3 Å². The van der Waals surface area contributed by atoms with Crippen molar-refractivity contribution in [1.82, 2.24) is 9.88 Å². The number of aromatic nitrogens is 1. The van der Waals surface area contributed by atoms with Gasteiger partial charge in [-0.15, -0.1) is 0 Å². The lowest BCUT2D eigenvalue weighted by molar-refractivity contribution is -0.145. The van der Waals surface area contributed by atoms with Crippen LogP contribution in [-0.2, 0) is 16.1 Å². The minimum absolute atomic E-state index is 0.0613. The molecule has 0 amide bonds. The summed E-state index contributed by atoms with van der Waals surface area (Å²) in [6.45, 7) is 8.87. The Balaban J connectivity index is 1.31. The van der Waals surface area contributed by atoms with Crippen molar-refractivity contribution in [2.45, 2.75) is 20.4 Å². The van der Waals surface area contributed by atoms with Crippen LogP contribution in [0.5, 0.6) is 5.75 Å². The Morgan fingerprint density at radius 2 is 1.88 bits per heavy atom. The second kappa shape index (κ2) is 10.6. The van der Waals surface area contributed by atoms with E-state index in [0.29, 0.717) is 12.4 Å². The molecule has 1 aliphatic rings. The molecule has 6 nitrogen and oxygen atoms in total. The Bertz CT molecular complexity index is 1030. The summed E-state index contributed by atoms with van der Waals surface area (Å²) in [6, 6.07) is 16.6. The largest absolute Gasteiger partial charge is 0.482 e. The molecule has 0 saturated carbocycles. The Labute approximate surface area is 193 Å². The first-order valence-electron chi connectivity index (χ1n) is 11.0. The van der Waals surface area contributed by atoms with Gasteiger partial charge in [-0.25, -0.2) is 9.78 Å². The Hall–Kier alpha value is -2.90. The number of hydrogen-bond acceptors (Lipinski definition) is 7. The lowest BCUT2D eigenvalue weighted by Crippen LogP contribution is -2.45. The summed E-state index contributed by atoms with van der Waals surface area (Å²) in [5.74, 6) is 0.368. The van der Waals surface area contributed by atoms with Crippen molar-refractivity contribution >= 4 is 22.4 Å². The van der Waals surface area contributed by atoms with Crippen LogP contribution in [0.1, 0.15) is 18.1 Å². The summed E-state index contributed by atoms with van der Waals surface area (Å²) in [6.07, 6.45) is 1.98. The Kier molecular flexibility index (Phi) is 7.39. The van der Waals surface area contributed by atoms with Crippen LogP contribution in [0.25, 0.3) is 10.4 Å². The zero-order chi connectivity index (χ0) is 22.3. The number of nitrogens with zero attached hydrogens (tertiary/aromatic N) is 3. The van der Waals surface area contributed by atoms with E-state index in [2.05, 4.69) is 45.1 Å². The SMILES string of the molecule is CCOC(=O)COc1cc(C)cc(CN2CCN(c3ncc(-c4ccccc4)s3)CC2)c1. The van der Waals surface area contributed by atoms with Crippen molar-refractivity contribution in [2.75, 3.05) is 44.3 Å². The molecule has 0 unspecified atom stereocenters. The number of aryl methyl sites for hydroxylation is 1. The molecule has 0 radical (unpaired) electrons. The first-order chi connectivity index (χ1) is 15.6. The number of ether oxygens (including phenoxy) is 2. The van der Waals surface area contributed by atoms with Crippen LogP contribution in [0.3, 0.4) is 0 Å². The molecule has 0 spiro atoms. The maximum Gasteiger partial charge on any atom is 0.344 e. The van der Waals surface area contributed by atoms with E-state index in [9.17, 15) is 4.79 Å². The van der Waals surface area contributed by atoms with Crippen molar-refractivity contribution in [3.8, 4) is 16.2 Å². The molecule has 1 fully saturated rings. The van der Waals surface area contributed by atoms with E-state index in [1.807, 2.05) is 31.3 Å². The molecule has 168 valence electrons. The highest BCUT2D eigenvalue weighted by Gasteiger charge is 2.20. The van der Waals surface area contributed by atoms with E-state index in [-0.39, 0.29) is 12.6 Å². The average Bonchev–Trinajstić information content (AvgIpc) is 3.29. The minimum Gasteiger partial charge on any atom is -0.482 e. The van der Waals surface area contributed by atoms with Crippen LogP contribution in [-0.4, -0.2) is 55.2 Å². The van der Waals surface area contributed by atoms with Gasteiger partial charge in [-0.2, -0.15) is 0 Å². The van der Waals surface area contributed by atoms with Gasteiger partial charge in [0.1, 0.15) is 5.75 Å². The Morgan fingerprint density at radius 1 is 1.09 bits per heavy atom. The molecular weight excluding hydrogens is 422 g/mol. The molecule has 0 bridgehead atoms. The molecule has 7 heteroatoms. The lowest BCUT2D eigenvalue weighted by Gasteiger charge is -2.34. The molecule has 1 aromatic heterocycles. The van der Waals surface area contributed by atoms with Gasteiger partial charge in [0, 0.05) is 38.9 Å². The number of thiazole rings is 1. The zero-order valence-electron chi connectivity index (χ0n) is 18.6. The van der Waals surface area contributed by atoms with Gasteiger partial charge in [0.2, 0.25) is 0 Å². The quantitative estimate of drug-likeness (QED) is 0.474. The highest BCUT2D eigenvalue weighted by molar-refractivity contribution is 7.18. The maximum atomic E-state index is 11.6. The second-order valence-corrected chi connectivity index (χ2v) is 8.89. The molecule has 0 aliphatic carbocycles. The third kappa shape index (κ3) is 5.87. The molecule has 32 heavy (non-hydrogen) atoms. The number of hydrogen-bond donors (Lipinski definition) is 0. The van der Waals surface area contributed by atoms with Gasteiger partial charge in [0.05, 0.1) is 11.5 Å². The van der Waals surface area contributed by atoms with Crippen LogP contribution in [0.2, 0.25) is 0 Å². The van der Waals surface area contributed by atoms with Gasteiger partial charge in [0.15, 0.2) is 11.7 Å². The molecular formula is C25H29N3O3S. The zero-order valence-corrected chi connectivity index (χ0v) is 19.4. The van der Waals surface area contributed by atoms with Crippen LogP contribution in [0.15, 0.2) is 54.7 Å². The summed E-state index contributed by atoms with van der Waals surface area (Å²) in [7, 11) is 0. The second-order valence-electron chi connectivity index (χ2n) is 7.88. The summed E-state index contributed by atoms with van der Waals surface area (Å²) in [5.41, 5.74) is 3.53. The topological polar surface area (TPSA) is 54.9 Å². The monoisotopic (exact) mass is 451 g/mol. The lowest BCUT2D eigenvalue weighted by atomic mass is 10.1. The fourth-order valence-electron chi connectivity index (χ4n) is 3.85. The normalized spacial score (nSPS) is 14.4. The molecule has 4 rings (SSSR count).